The first-order valence-corrected chi connectivity index (χ1v) is 10.5. The second kappa shape index (κ2) is 6.77. The lowest BCUT2D eigenvalue weighted by Crippen LogP contribution is -2.58. The number of carbonyl (C=O) groups excluding carboxylic acids is 1. The molecule has 1 amide bonds. The lowest BCUT2D eigenvalue weighted by molar-refractivity contribution is -0.126. The molecule has 4 nitrogen and oxygen atoms in total. The summed E-state index contributed by atoms with van der Waals surface area (Å²) in [5.41, 5.74) is 0.788. The van der Waals surface area contributed by atoms with E-state index in [1.807, 2.05) is 6.92 Å². The Balaban J connectivity index is 1.17. The summed E-state index contributed by atoms with van der Waals surface area (Å²) in [6, 6.07) is 4.77. The van der Waals surface area contributed by atoms with E-state index in [9.17, 15) is 9.18 Å². The minimum absolute atomic E-state index is 0.0524. The van der Waals surface area contributed by atoms with Crippen LogP contribution < -0.4 is 15.4 Å². The number of carbonyl (C=O) groups is 1. The molecule has 5 heteroatoms. The average Bonchev–Trinajstić information content (AvgIpc) is 3.08. The van der Waals surface area contributed by atoms with E-state index in [2.05, 4.69) is 10.6 Å². The van der Waals surface area contributed by atoms with Gasteiger partial charge in [-0.3, -0.25) is 4.79 Å². The second-order valence-electron chi connectivity index (χ2n) is 9.31. The first-order valence-electron chi connectivity index (χ1n) is 10.5. The summed E-state index contributed by atoms with van der Waals surface area (Å²) in [5, 5.41) is 6.72. The van der Waals surface area contributed by atoms with Crippen LogP contribution in [-0.2, 0) is 4.79 Å². The van der Waals surface area contributed by atoms with Crippen LogP contribution in [0.25, 0.3) is 0 Å². The van der Waals surface area contributed by atoms with Gasteiger partial charge in [-0.05, 0) is 86.5 Å². The Morgan fingerprint density at radius 2 is 1.81 bits per heavy atom. The van der Waals surface area contributed by atoms with E-state index in [1.54, 1.807) is 6.07 Å². The first kappa shape index (κ1) is 17.5. The largest absolute Gasteiger partial charge is 0.489 e. The first-order chi connectivity index (χ1) is 13.0. The fraction of sp³-hybridized carbons (Fsp3) is 0.682. The molecule has 4 bridgehead atoms. The van der Waals surface area contributed by atoms with Crippen LogP contribution in [0.5, 0.6) is 5.75 Å². The molecular formula is C22H29FN2O2. The summed E-state index contributed by atoms with van der Waals surface area (Å²) >= 11 is 0. The Hall–Kier alpha value is -1.62. The minimum Gasteiger partial charge on any atom is -0.489 e. The van der Waals surface area contributed by atoms with E-state index >= 15 is 0 Å². The van der Waals surface area contributed by atoms with E-state index in [4.69, 9.17) is 4.74 Å². The fourth-order valence-corrected chi connectivity index (χ4v) is 6.34. The van der Waals surface area contributed by atoms with Crippen molar-refractivity contribution in [1.82, 2.24) is 10.6 Å². The summed E-state index contributed by atoms with van der Waals surface area (Å²) in [5.74, 6) is 3.81. The molecular weight excluding hydrogens is 343 g/mol. The fourth-order valence-electron chi connectivity index (χ4n) is 6.34. The van der Waals surface area contributed by atoms with Crippen LogP contribution in [0, 0.1) is 36.4 Å². The van der Waals surface area contributed by atoms with Crippen molar-refractivity contribution in [2.75, 3.05) is 6.54 Å². The van der Waals surface area contributed by atoms with Gasteiger partial charge in [-0.25, -0.2) is 4.39 Å². The van der Waals surface area contributed by atoms with Gasteiger partial charge < -0.3 is 15.4 Å². The Morgan fingerprint density at radius 3 is 2.48 bits per heavy atom. The Labute approximate surface area is 160 Å². The van der Waals surface area contributed by atoms with Gasteiger partial charge in [0.2, 0.25) is 5.91 Å². The molecule has 1 saturated heterocycles. The molecule has 2 atom stereocenters. The van der Waals surface area contributed by atoms with Crippen LogP contribution in [0.4, 0.5) is 4.39 Å². The highest BCUT2D eigenvalue weighted by molar-refractivity contribution is 5.82. The lowest BCUT2D eigenvalue weighted by atomic mass is 9.54. The van der Waals surface area contributed by atoms with Gasteiger partial charge in [0.25, 0.3) is 0 Å². The van der Waals surface area contributed by atoms with Gasteiger partial charge in [0.15, 0.2) is 0 Å². The zero-order chi connectivity index (χ0) is 18.5. The molecule has 6 rings (SSSR count). The van der Waals surface area contributed by atoms with Crippen LogP contribution in [-0.4, -0.2) is 30.6 Å². The Morgan fingerprint density at radius 1 is 1.11 bits per heavy atom. The molecule has 1 aromatic carbocycles. The summed E-state index contributed by atoms with van der Waals surface area (Å²) in [4.78, 5) is 12.9. The molecule has 0 radical (unpaired) electrons. The van der Waals surface area contributed by atoms with Crippen molar-refractivity contribution in [3.8, 4) is 5.75 Å². The molecule has 4 aliphatic carbocycles. The molecule has 27 heavy (non-hydrogen) atoms. The monoisotopic (exact) mass is 372 g/mol. The van der Waals surface area contributed by atoms with Crippen molar-refractivity contribution in [3.63, 3.8) is 0 Å². The van der Waals surface area contributed by atoms with Crippen molar-refractivity contribution in [3.05, 3.63) is 29.6 Å². The molecule has 1 aromatic rings. The minimum atomic E-state index is -0.252. The van der Waals surface area contributed by atoms with Crippen molar-refractivity contribution >= 4 is 5.91 Å². The lowest BCUT2D eigenvalue weighted by Gasteiger charge is -2.54. The van der Waals surface area contributed by atoms with Crippen molar-refractivity contribution < 1.29 is 13.9 Å². The summed E-state index contributed by atoms with van der Waals surface area (Å²) in [6.45, 7) is 2.49. The zero-order valence-electron chi connectivity index (χ0n) is 15.9. The van der Waals surface area contributed by atoms with E-state index in [-0.39, 0.29) is 23.9 Å². The van der Waals surface area contributed by atoms with Crippen LogP contribution in [0.2, 0.25) is 0 Å². The molecule has 5 fully saturated rings. The number of halogens is 1. The Kier molecular flexibility index (Phi) is 4.38. The maximum absolute atomic E-state index is 13.3. The smallest absolute Gasteiger partial charge is 0.237 e. The van der Waals surface area contributed by atoms with Gasteiger partial charge >= 0.3 is 0 Å². The average molecular weight is 372 g/mol. The number of hydrogen-bond donors (Lipinski definition) is 2. The van der Waals surface area contributed by atoms with Gasteiger partial charge in [-0.2, -0.15) is 0 Å². The SMILES string of the molecule is Cc1cc(F)ccc1O[C@@H]1CN[C@H](C(=O)NC2C3CC4CC(C3)CC2C4)C1. The third-order valence-electron chi connectivity index (χ3n) is 7.37. The third kappa shape index (κ3) is 3.35. The van der Waals surface area contributed by atoms with Crippen molar-refractivity contribution in [1.29, 1.82) is 0 Å². The normalized spacial score (nSPS) is 39.6. The molecule has 1 heterocycles. The van der Waals surface area contributed by atoms with Gasteiger partial charge in [-0.15, -0.1) is 0 Å². The van der Waals surface area contributed by atoms with Crippen LogP contribution in [0.15, 0.2) is 18.2 Å². The summed E-state index contributed by atoms with van der Waals surface area (Å²) < 4.78 is 19.3. The van der Waals surface area contributed by atoms with Crippen LogP contribution in [0.3, 0.4) is 0 Å². The molecule has 0 unspecified atom stereocenters. The predicted octanol–water partition coefficient (Wildman–Crippen LogP) is 3.18. The number of hydrogen-bond acceptors (Lipinski definition) is 3. The molecule has 0 aromatic heterocycles. The van der Waals surface area contributed by atoms with Gasteiger partial charge in [0.1, 0.15) is 17.7 Å². The Bertz CT molecular complexity index is 709. The highest BCUT2D eigenvalue weighted by Gasteiger charge is 2.49. The maximum atomic E-state index is 13.3. The van der Waals surface area contributed by atoms with E-state index in [0.29, 0.717) is 36.6 Å². The molecule has 146 valence electrons. The number of nitrogens with one attached hydrogen (secondary N) is 2. The van der Waals surface area contributed by atoms with Gasteiger partial charge in [0.05, 0.1) is 6.04 Å². The van der Waals surface area contributed by atoms with Crippen LogP contribution in [0.1, 0.15) is 44.1 Å². The van der Waals surface area contributed by atoms with E-state index in [1.165, 1.54) is 44.2 Å². The number of amides is 1. The number of benzene rings is 1. The van der Waals surface area contributed by atoms with Gasteiger partial charge in [0, 0.05) is 19.0 Å². The summed E-state index contributed by atoms with van der Waals surface area (Å²) in [6.07, 6.45) is 7.29. The molecule has 4 saturated carbocycles. The highest BCUT2D eigenvalue weighted by atomic mass is 19.1. The maximum Gasteiger partial charge on any atom is 0.237 e. The molecule has 2 N–H and O–H groups in total. The molecule has 1 aliphatic heterocycles. The number of ether oxygens (including phenoxy) is 1. The molecule has 5 aliphatic rings. The standard InChI is InChI=1S/C22H29FN2O2/c1-12-4-17(23)2-3-20(12)27-18-10-19(24-11-18)22(26)25-21-15-6-13-5-14(8-15)9-16(21)7-13/h2-4,13-16,18-19,21,24H,5-11H2,1H3,(H,25,26)/t13?,14?,15?,16?,18-,19-,21?/m0/s1. The summed E-state index contributed by atoms with van der Waals surface area (Å²) in [7, 11) is 0. The third-order valence-corrected chi connectivity index (χ3v) is 7.37. The second-order valence-corrected chi connectivity index (χ2v) is 9.31. The molecule has 0 spiro atoms. The topological polar surface area (TPSA) is 50.4 Å². The zero-order valence-corrected chi connectivity index (χ0v) is 15.9. The van der Waals surface area contributed by atoms with Crippen molar-refractivity contribution in [2.24, 2.45) is 23.7 Å². The van der Waals surface area contributed by atoms with Gasteiger partial charge in [-0.1, -0.05) is 0 Å². The van der Waals surface area contributed by atoms with E-state index in [0.717, 1.165) is 17.4 Å². The van der Waals surface area contributed by atoms with Crippen molar-refractivity contribution in [2.45, 2.75) is 63.6 Å². The highest BCUT2D eigenvalue weighted by Crippen LogP contribution is 2.53. The quantitative estimate of drug-likeness (QED) is 0.853. The van der Waals surface area contributed by atoms with E-state index < -0.39 is 0 Å². The van der Waals surface area contributed by atoms with Crippen LogP contribution >= 0.6 is 0 Å². The predicted molar refractivity (Wildman–Crippen MR) is 101 cm³/mol. The number of rotatable bonds is 4. The number of aryl methyl sites for hydroxylation is 1.